The molecule has 0 aliphatic rings. The summed E-state index contributed by atoms with van der Waals surface area (Å²) in [6.45, 7) is 1.82. The number of pyridine rings is 1. The molecule has 2 aromatic rings. The first kappa shape index (κ1) is 11.4. The number of anilines is 1. The predicted molar refractivity (Wildman–Crippen MR) is 64.1 cm³/mol. The highest BCUT2D eigenvalue weighted by molar-refractivity contribution is 5.42. The van der Waals surface area contributed by atoms with E-state index in [0.29, 0.717) is 5.69 Å². The van der Waals surface area contributed by atoms with E-state index in [1.165, 1.54) is 12.1 Å². The third-order valence-electron chi connectivity index (χ3n) is 2.36. The Labute approximate surface area is 99.1 Å². The Morgan fingerprint density at radius 2 is 2.12 bits per heavy atom. The Morgan fingerprint density at radius 1 is 1.29 bits per heavy atom. The monoisotopic (exact) mass is 232 g/mol. The maximum absolute atomic E-state index is 13.5. The molecule has 2 rings (SSSR count). The molecule has 88 valence electrons. The van der Waals surface area contributed by atoms with Crippen molar-refractivity contribution < 1.29 is 9.13 Å². The van der Waals surface area contributed by atoms with Gasteiger partial charge in [0.1, 0.15) is 6.10 Å². The molecule has 0 spiro atoms. The quantitative estimate of drug-likeness (QED) is 0.828. The van der Waals surface area contributed by atoms with Crippen LogP contribution >= 0.6 is 0 Å². The SMILES string of the molecule is CC(Oc1ccc(N)cc1F)c1ccccn1. The normalized spacial score (nSPS) is 12.1. The van der Waals surface area contributed by atoms with Crippen molar-refractivity contribution in [2.45, 2.75) is 13.0 Å². The van der Waals surface area contributed by atoms with Crippen molar-refractivity contribution in [1.82, 2.24) is 4.98 Å². The van der Waals surface area contributed by atoms with Gasteiger partial charge >= 0.3 is 0 Å². The Bertz CT molecular complexity index is 502. The summed E-state index contributed by atoms with van der Waals surface area (Å²) in [5, 5.41) is 0. The number of hydrogen-bond donors (Lipinski definition) is 1. The summed E-state index contributed by atoms with van der Waals surface area (Å²) in [6, 6.07) is 9.87. The van der Waals surface area contributed by atoms with Crippen LogP contribution in [-0.4, -0.2) is 4.98 Å². The zero-order valence-corrected chi connectivity index (χ0v) is 9.43. The molecule has 3 nitrogen and oxygen atoms in total. The van der Waals surface area contributed by atoms with Gasteiger partial charge in [-0.15, -0.1) is 0 Å². The molecule has 2 N–H and O–H groups in total. The van der Waals surface area contributed by atoms with Crippen LogP contribution in [0, 0.1) is 5.82 Å². The van der Waals surface area contributed by atoms with Crippen LogP contribution in [-0.2, 0) is 0 Å². The van der Waals surface area contributed by atoms with Gasteiger partial charge < -0.3 is 10.5 Å². The summed E-state index contributed by atoms with van der Waals surface area (Å²) in [6.07, 6.45) is 1.36. The first-order valence-electron chi connectivity index (χ1n) is 5.29. The lowest BCUT2D eigenvalue weighted by Gasteiger charge is -2.14. The minimum absolute atomic E-state index is 0.178. The second-order valence-corrected chi connectivity index (χ2v) is 3.70. The Hall–Kier alpha value is -2.10. The van der Waals surface area contributed by atoms with Crippen molar-refractivity contribution in [2.24, 2.45) is 0 Å². The van der Waals surface area contributed by atoms with E-state index >= 15 is 0 Å². The Balaban J connectivity index is 2.16. The summed E-state index contributed by atoms with van der Waals surface area (Å²) >= 11 is 0. The molecular formula is C13H13FN2O. The molecule has 0 amide bonds. The molecular weight excluding hydrogens is 219 g/mol. The van der Waals surface area contributed by atoms with Gasteiger partial charge in [-0.25, -0.2) is 4.39 Å². The van der Waals surface area contributed by atoms with Crippen molar-refractivity contribution in [3.63, 3.8) is 0 Å². The van der Waals surface area contributed by atoms with E-state index in [1.54, 1.807) is 12.3 Å². The smallest absolute Gasteiger partial charge is 0.167 e. The van der Waals surface area contributed by atoms with Crippen molar-refractivity contribution in [3.8, 4) is 5.75 Å². The number of hydrogen-bond acceptors (Lipinski definition) is 3. The molecule has 1 unspecified atom stereocenters. The lowest BCUT2D eigenvalue weighted by Crippen LogP contribution is -2.06. The third-order valence-corrected chi connectivity index (χ3v) is 2.36. The number of aromatic nitrogens is 1. The lowest BCUT2D eigenvalue weighted by atomic mass is 10.2. The Kier molecular flexibility index (Phi) is 3.23. The number of rotatable bonds is 3. The van der Waals surface area contributed by atoms with Crippen LogP contribution in [0.1, 0.15) is 18.7 Å². The molecule has 0 fully saturated rings. The van der Waals surface area contributed by atoms with Crippen molar-refractivity contribution in [3.05, 3.63) is 54.1 Å². The van der Waals surface area contributed by atoms with Gasteiger partial charge in [-0.05, 0) is 31.2 Å². The first-order valence-corrected chi connectivity index (χ1v) is 5.29. The summed E-state index contributed by atoms with van der Waals surface area (Å²) in [5.41, 5.74) is 6.59. The minimum Gasteiger partial charge on any atom is -0.481 e. The average molecular weight is 232 g/mol. The van der Waals surface area contributed by atoms with Crippen LogP contribution in [0.15, 0.2) is 42.6 Å². The minimum atomic E-state index is -0.465. The molecule has 1 atom stereocenters. The van der Waals surface area contributed by atoms with E-state index in [4.69, 9.17) is 10.5 Å². The van der Waals surface area contributed by atoms with Crippen LogP contribution in [0.3, 0.4) is 0 Å². The highest BCUT2D eigenvalue weighted by Gasteiger charge is 2.11. The largest absolute Gasteiger partial charge is 0.481 e. The van der Waals surface area contributed by atoms with E-state index in [-0.39, 0.29) is 11.9 Å². The van der Waals surface area contributed by atoms with E-state index in [9.17, 15) is 4.39 Å². The fourth-order valence-electron chi connectivity index (χ4n) is 1.48. The van der Waals surface area contributed by atoms with Gasteiger partial charge in [0.25, 0.3) is 0 Å². The van der Waals surface area contributed by atoms with Gasteiger partial charge in [0.05, 0.1) is 5.69 Å². The van der Waals surface area contributed by atoms with E-state index < -0.39 is 5.82 Å². The van der Waals surface area contributed by atoms with Crippen LogP contribution in [0.4, 0.5) is 10.1 Å². The van der Waals surface area contributed by atoms with Gasteiger partial charge in [-0.3, -0.25) is 4.98 Å². The number of ether oxygens (including phenoxy) is 1. The third kappa shape index (κ3) is 2.72. The maximum Gasteiger partial charge on any atom is 0.167 e. The molecule has 0 saturated heterocycles. The van der Waals surface area contributed by atoms with Gasteiger partial charge in [0.2, 0.25) is 0 Å². The molecule has 0 aliphatic carbocycles. The standard InChI is InChI=1S/C13H13FN2O/c1-9(12-4-2-3-7-16-12)17-13-6-5-10(15)8-11(13)14/h2-9H,15H2,1H3. The number of benzene rings is 1. The van der Waals surface area contributed by atoms with E-state index in [2.05, 4.69) is 4.98 Å². The predicted octanol–water partition coefficient (Wildman–Crippen LogP) is 2.94. The zero-order chi connectivity index (χ0) is 12.3. The van der Waals surface area contributed by atoms with E-state index in [0.717, 1.165) is 5.69 Å². The molecule has 1 aromatic carbocycles. The van der Waals surface area contributed by atoms with Gasteiger partial charge in [-0.2, -0.15) is 0 Å². The highest BCUT2D eigenvalue weighted by atomic mass is 19.1. The van der Waals surface area contributed by atoms with Gasteiger partial charge in [-0.1, -0.05) is 6.07 Å². The van der Waals surface area contributed by atoms with E-state index in [1.807, 2.05) is 25.1 Å². The first-order chi connectivity index (χ1) is 8.16. The summed E-state index contributed by atoms with van der Waals surface area (Å²) < 4.78 is 19.0. The zero-order valence-electron chi connectivity index (χ0n) is 9.43. The van der Waals surface area contributed by atoms with Crippen molar-refractivity contribution in [2.75, 3.05) is 5.73 Å². The Morgan fingerprint density at radius 3 is 2.76 bits per heavy atom. The van der Waals surface area contributed by atoms with Crippen LogP contribution in [0.2, 0.25) is 0 Å². The van der Waals surface area contributed by atoms with Crippen LogP contribution in [0.5, 0.6) is 5.75 Å². The second kappa shape index (κ2) is 4.82. The fraction of sp³-hybridized carbons (Fsp3) is 0.154. The van der Waals surface area contributed by atoms with Crippen LogP contribution in [0.25, 0.3) is 0 Å². The molecule has 0 aliphatic heterocycles. The molecule has 0 bridgehead atoms. The summed E-state index contributed by atoms with van der Waals surface area (Å²) in [5.74, 6) is -0.287. The molecule has 0 saturated carbocycles. The lowest BCUT2D eigenvalue weighted by molar-refractivity contribution is 0.212. The number of nitrogens with zero attached hydrogens (tertiary/aromatic N) is 1. The molecule has 0 radical (unpaired) electrons. The highest BCUT2D eigenvalue weighted by Crippen LogP contribution is 2.24. The van der Waals surface area contributed by atoms with Gasteiger partial charge in [0.15, 0.2) is 11.6 Å². The topological polar surface area (TPSA) is 48.1 Å². The summed E-state index contributed by atoms with van der Waals surface area (Å²) in [4.78, 5) is 4.15. The van der Waals surface area contributed by atoms with Crippen molar-refractivity contribution in [1.29, 1.82) is 0 Å². The molecule has 17 heavy (non-hydrogen) atoms. The molecule has 1 heterocycles. The molecule has 4 heteroatoms. The second-order valence-electron chi connectivity index (χ2n) is 3.70. The van der Waals surface area contributed by atoms with Gasteiger partial charge in [0, 0.05) is 18.0 Å². The fourth-order valence-corrected chi connectivity index (χ4v) is 1.48. The van der Waals surface area contributed by atoms with Crippen molar-refractivity contribution >= 4 is 5.69 Å². The maximum atomic E-state index is 13.5. The molecule has 1 aromatic heterocycles. The number of nitrogens with two attached hydrogens (primary N) is 1. The summed E-state index contributed by atoms with van der Waals surface area (Å²) in [7, 11) is 0. The van der Waals surface area contributed by atoms with Crippen LogP contribution < -0.4 is 10.5 Å². The number of halogens is 1. The number of nitrogen functional groups attached to an aromatic ring is 1. The average Bonchev–Trinajstić information content (AvgIpc) is 2.34.